The molecule has 124 valence electrons. The fourth-order valence-corrected chi connectivity index (χ4v) is 7.38. The van der Waals surface area contributed by atoms with Crippen molar-refractivity contribution in [2.45, 2.75) is 24.0 Å². The third-order valence-corrected chi connectivity index (χ3v) is 7.93. The average molecular weight is 322 g/mol. The molecule has 4 nitrogen and oxygen atoms in total. The first kappa shape index (κ1) is 13.6. The van der Waals surface area contributed by atoms with E-state index >= 15 is 0 Å². The van der Waals surface area contributed by atoms with Crippen LogP contribution in [0.3, 0.4) is 0 Å². The van der Waals surface area contributed by atoms with E-state index in [1.165, 1.54) is 0 Å². The summed E-state index contributed by atoms with van der Waals surface area (Å²) in [4.78, 5) is 15.9. The van der Waals surface area contributed by atoms with E-state index in [1.807, 2.05) is 12.1 Å². The van der Waals surface area contributed by atoms with Crippen molar-refractivity contribution in [2.75, 3.05) is 25.5 Å². The maximum atomic E-state index is 13.4. The predicted molar refractivity (Wildman–Crippen MR) is 90.6 cm³/mol. The van der Waals surface area contributed by atoms with Crippen molar-refractivity contribution in [1.82, 2.24) is 4.90 Å². The Bertz CT molecular complexity index is 792. The topological polar surface area (TPSA) is 41.6 Å². The molecule has 0 aromatic heterocycles. The molecular weight excluding hydrogens is 300 g/mol. The molecule has 1 amide bonds. The Morgan fingerprint density at radius 3 is 3.08 bits per heavy atom. The van der Waals surface area contributed by atoms with Gasteiger partial charge in [0.1, 0.15) is 5.41 Å². The summed E-state index contributed by atoms with van der Waals surface area (Å²) >= 11 is 0. The Balaban J connectivity index is 1.69. The van der Waals surface area contributed by atoms with Crippen LogP contribution in [-0.2, 0) is 14.9 Å². The molecular formula is C20H22N2O2. The summed E-state index contributed by atoms with van der Waals surface area (Å²) in [5.74, 6) is 1.56. The first-order valence-electron chi connectivity index (χ1n) is 9.01. The fraction of sp³-hybridized carbons (Fsp3) is 0.550. The number of likely N-dealkylation sites (tertiary alicyclic amines) is 1. The fourth-order valence-electron chi connectivity index (χ4n) is 7.38. The van der Waals surface area contributed by atoms with Gasteiger partial charge in [0.15, 0.2) is 0 Å². The van der Waals surface area contributed by atoms with E-state index in [-0.39, 0.29) is 23.3 Å². The van der Waals surface area contributed by atoms with Crippen LogP contribution in [0, 0.1) is 23.2 Å². The Morgan fingerprint density at radius 2 is 2.25 bits per heavy atom. The minimum absolute atomic E-state index is 0.00280. The number of nitrogens with zero attached hydrogens (tertiary/aromatic N) is 1. The number of carbonyl (C=O) groups is 1. The standard InChI is InChI=1S/C20H22N2O2/c1-3-19-10-22(2)16-11-9-24-15(8-13(11)19)20(17(16)19)12-6-4-5-7-14(12)21-18(20)23/h3-7,11,13,15-17H,1,8-10H2,2H3,(H,21,23)/t11?,13-,15-,16+,17-,19?,20-/m0/s1. The summed E-state index contributed by atoms with van der Waals surface area (Å²) in [6.07, 6.45) is 3.17. The number of para-hydroxylation sites is 1. The average Bonchev–Trinajstić information content (AvgIpc) is 3.08. The van der Waals surface area contributed by atoms with E-state index in [4.69, 9.17) is 4.74 Å². The van der Waals surface area contributed by atoms with Gasteiger partial charge >= 0.3 is 0 Å². The number of piperidine rings is 1. The van der Waals surface area contributed by atoms with Crippen LogP contribution in [0.25, 0.3) is 0 Å². The molecule has 5 bridgehead atoms. The maximum absolute atomic E-state index is 13.4. The molecule has 5 aliphatic rings. The Morgan fingerprint density at radius 1 is 1.42 bits per heavy atom. The molecule has 4 heteroatoms. The summed E-state index contributed by atoms with van der Waals surface area (Å²) in [5, 5.41) is 3.18. The number of ether oxygens (including phenoxy) is 1. The van der Waals surface area contributed by atoms with Gasteiger partial charge in [-0.15, -0.1) is 6.58 Å². The molecule has 1 N–H and O–H groups in total. The van der Waals surface area contributed by atoms with Gasteiger partial charge in [-0.3, -0.25) is 4.79 Å². The second-order valence-corrected chi connectivity index (χ2v) is 8.40. The van der Waals surface area contributed by atoms with Crippen LogP contribution in [0.4, 0.5) is 5.69 Å². The van der Waals surface area contributed by atoms with Gasteiger partial charge in [0.25, 0.3) is 0 Å². The number of carbonyl (C=O) groups excluding carboxylic acids is 1. The summed E-state index contributed by atoms with van der Waals surface area (Å²) in [6.45, 7) is 6.06. The molecule has 2 saturated heterocycles. The van der Waals surface area contributed by atoms with Crippen LogP contribution in [-0.4, -0.2) is 43.2 Å². The van der Waals surface area contributed by atoms with Gasteiger partial charge in [-0.25, -0.2) is 0 Å². The number of amides is 1. The van der Waals surface area contributed by atoms with Crippen molar-refractivity contribution < 1.29 is 9.53 Å². The molecule has 2 saturated carbocycles. The van der Waals surface area contributed by atoms with E-state index in [2.05, 4.69) is 42.1 Å². The Kier molecular flexibility index (Phi) is 2.24. The third kappa shape index (κ3) is 1.12. The number of benzene rings is 1. The summed E-state index contributed by atoms with van der Waals surface area (Å²) < 4.78 is 6.34. The minimum Gasteiger partial charge on any atom is -0.376 e. The van der Waals surface area contributed by atoms with Crippen LogP contribution in [0.1, 0.15) is 12.0 Å². The molecule has 2 aliphatic carbocycles. The first-order chi connectivity index (χ1) is 11.6. The molecule has 6 rings (SSSR count). The lowest BCUT2D eigenvalue weighted by atomic mass is 9.51. The molecule has 1 aromatic carbocycles. The van der Waals surface area contributed by atoms with Crippen LogP contribution in [0.5, 0.6) is 0 Å². The van der Waals surface area contributed by atoms with E-state index in [0.717, 1.165) is 30.8 Å². The smallest absolute Gasteiger partial charge is 0.238 e. The largest absolute Gasteiger partial charge is 0.376 e. The highest BCUT2D eigenvalue weighted by molar-refractivity contribution is 6.07. The molecule has 3 heterocycles. The number of hydrogen-bond donors (Lipinski definition) is 1. The maximum Gasteiger partial charge on any atom is 0.238 e. The lowest BCUT2D eigenvalue weighted by Gasteiger charge is -2.54. The SMILES string of the molecule is C=CC12CN(C)[C@@H]3C4CO[C@@H](C[C@@H]41)[C@]1(C(=O)Nc4ccccc41)[C@@H]32. The summed E-state index contributed by atoms with van der Waals surface area (Å²) in [7, 11) is 2.21. The van der Waals surface area contributed by atoms with Crippen molar-refractivity contribution in [2.24, 2.45) is 23.2 Å². The minimum atomic E-state index is -0.554. The molecule has 0 radical (unpaired) electrons. The number of rotatable bonds is 1. The highest BCUT2D eigenvalue weighted by atomic mass is 16.5. The monoisotopic (exact) mass is 322 g/mol. The molecule has 24 heavy (non-hydrogen) atoms. The van der Waals surface area contributed by atoms with Crippen molar-refractivity contribution in [1.29, 1.82) is 0 Å². The molecule has 7 atom stereocenters. The van der Waals surface area contributed by atoms with Gasteiger partial charge in [0.2, 0.25) is 5.91 Å². The number of fused-ring (bicyclic) bond motifs is 5. The van der Waals surface area contributed by atoms with Crippen molar-refractivity contribution in [3.8, 4) is 0 Å². The Labute approximate surface area is 141 Å². The van der Waals surface area contributed by atoms with E-state index in [1.54, 1.807) is 0 Å². The zero-order valence-electron chi connectivity index (χ0n) is 13.9. The highest BCUT2D eigenvalue weighted by Gasteiger charge is 2.79. The molecule has 1 spiro atoms. The summed E-state index contributed by atoms with van der Waals surface area (Å²) in [6, 6.07) is 8.64. The van der Waals surface area contributed by atoms with Crippen molar-refractivity contribution >= 4 is 11.6 Å². The molecule has 3 aliphatic heterocycles. The number of nitrogens with one attached hydrogen (secondary N) is 1. The van der Waals surface area contributed by atoms with Gasteiger partial charge in [0, 0.05) is 35.5 Å². The van der Waals surface area contributed by atoms with Crippen LogP contribution in [0.15, 0.2) is 36.9 Å². The van der Waals surface area contributed by atoms with E-state index in [0.29, 0.717) is 17.9 Å². The van der Waals surface area contributed by atoms with Gasteiger partial charge in [0.05, 0.1) is 12.7 Å². The van der Waals surface area contributed by atoms with Gasteiger partial charge < -0.3 is 15.0 Å². The highest BCUT2D eigenvalue weighted by Crippen LogP contribution is 2.73. The van der Waals surface area contributed by atoms with Crippen molar-refractivity contribution in [3.63, 3.8) is 0 Å². The quantitative estimate of drug-likeness (QED) is 0.805. The normalized spacial score (nSPS) is 50.4. The first-order valence-corrected chi connectivity index (χ1v) is 9.01. The lowest BCUT2D eigenvalue weighted by molar-refractivity contribution is -0.153. The van der Waals surface area contributed by atoms with Gasteiger partial charge in [-0.05, 0) is 31.0 Å². The van der Waals surface area contributed by atoms with Crippen LogP contribution >= 0.6 is 0 Å². The second kappa shape index (κ2) is 3.94. The predicted octanol–water partition coefficient (Wildman–Crippen LogP) is 2.03. The third-order valence-electron chi connectivity index (χ3n) is 7.93. The van der Waals surface area contributed by atoms with Crippen molar-refractivity contribution in [3.05, 3.63) is 42.5 Å². The molecule has 2 unspecified atom stereocenters. The van der Waals surface area contributed by atoms with Gasteiger partial charge in [-0.1, -0.05) is 24.3 Å². The second-order valence-electron chi connectivity index (χ2n) is 8.40. The summed E-state index contributed by atoms with van der Waals surface area (Å²) in [5.41, 5.74) is 1.61. The van der Waals surface area contributed by atoms with Gasteiger partial charge in [-0.2, -0.15) is 0 Å². The van der Waals surface area contributed by atoms with E-state index < -0.39 is 5.41 Å². The molecule has 1 aromatic rings. The van der Waals surface area contributed by atoms with Crippen LogP contribution in [0.2, 0.25) is 0 Å². The molecule has 4 fully saturated rings. The van der Waals surface area contributed by atoms with Crippen LogP contribution < -0.4 is 5.32 Å². The zero-order chi connectivity index (χ0) is 16.3. The zero-order valence-corrected chi connectivity index (χ0v) is 13.9. The van der Waals surface area contributed by atoms with E-state index in [9.17, 15) is 4.79 Å². The number of anilines is 1. The number of hydrogen-bond acceptors (Lipinski definition) is 3. The lowest BCUT2D eigenvalue weighted by Crippen LogP contribution is -2.62. The Hall–Kier alpha value is -1.65.